The van der Waals surface area contributed by atoms with E-state index < -0.39 is 0 Å². The third-order valence-corrected chi connectivity index (χ3v) is 6.32. The van der Waals surface area contributed by atoms with Gasteiger partial charge in [-0.2, -0.15) is 0 Å². The maximum atomic E-state index is 12.7. The van der Waals surface area contributed by atoms with E-state index in [0.29, 0.717) is 11.8 Å². The van der Waals surface area contributed by atoms with E-state index in [0.717, 1.165) is 51.8 Å². The summed E-state index contributed by atoms with van der Waals surface area (Å²) in [7, 11) is 0. The van der Waals surface area contributed by atoms with Crippen LogP contribution in [0.3, 0.4) is 0 Å². The zero-order valence-corrected chi connectivity index (χ0v) is 18.5. The van der Waals surface area contributed by atoms with E-state index in [4.69, 9.17) is 0 Å². The second-order valence-electron chi connectivity index (χ2n) is 7.92. The largest absolute Gasteiger partial charge is 0.349 e. The van der Waals surface area contributed by atoms with Crippen LogP contribution in [0.2, 0.25) is 0 Å². The Morgan fingerprint density at radius 2 is 1.97 bits per heavy atom. The van der Waals surface area contributed by atoms with Crippen molar-refractivity contribution in [2.45, 2.75) is 36.7 Å². The molecule has 0 spiro atoms. The molecule has 2 heterocycles. The van der Waals surface area contributed by atoms with Crippen molar-refractivity contribution < 1.29 is 4.79 Å². The fourth-order valence-corrected chi connectivity index (χ4v) is 4.50. The molecule has 0 unspecified atom stereocenters. The van der Waals surface area contributed by atoms with Gasteiger partial charge in [0.05, 0.1) is 0 Å². The molecule has 2 aromatic heterocycles. The van der Waals surface area contributed by atoms with Crippen LogP contribution in [-0.4, -0.2) is 31.7 Å². The van der Waals surface area contributed by atoms with Gasteiger partial charge in [0.25, 0.3) is 5.91 Å². The number of nitrogens with one attached hydrogen (secondary N) is 1. The van der Waals surface area contributed by atoms with Crippen molar-refractivity contribution in [3.8, 4) is 17.1 Å². The quantitative estimate of drug-likeness (QED) is 0.416. The maximum Gasteiger partial charge on any atom is 0.251 e. The average molecular weight is 442 g/mol. The number of nitrogens with zero attached hydrogens (tertiary/aromatic N) is 4. The number of benzene rings is 2. The fraction of sp³-hybridized carbons (Fsp3) is 0.200. The molecule has 1 aliphatic rings. The van der Waals surface area contributed by atoms with E-state index >= 15 is 0 Å². The number of aromatic nitrogens is 4. The highest BCUT2D eigenvalue weighted by Gasteiger charge is 2.25. The van der Waals surface area contributed by atoms with Crippen molar-refractivity contribution in [2.24, 2.45) is 0 Å². The molecule has 4 aromatic rings. The van der Waals surface area contributed by atoms with Crippen LogP contribution in [0.5, 0.6) is 0 Å². The molecule has 2 aromatic carbocycles. The minimum atomic E-state index is -0.0000926. The van der Waals surface area contributed by atoms with Crippen molar-refractivity contribution in [3.63, 3.8) is 0 Å². The van der Waals surface area contributed by atoms with Crippen LogP contribution < -0.4 is 5.32 Å². The lowest BCUT2D eigenvalue weighted by Gasteiger charge is -2.12. The van der Waals surface area contributed by atoms with Gasteiger partial charge in [-0.05, 0) is 61.2 Å². The van der Waals surface area contributed by atoms with Gasteiger partial charge < -0.3 is 5.32 Å². The van der Waals surface area contributed by atoms with Crippen LogP contribution >= 0.6 is 11.8 Å². The molecule has 1 saturated carbocycles. The molecule has 0 atom stereocenters. The van der Waals surface area contributed by atoms with E-state index in [1.165, 1.54) is 0 Å². The predicted molar refractivity (Wildman–Crippen MR) is 126 cm³/mol. The number of amides is 1. The third-order valence-electron chi connectivity index (χ3n) is 5.34. The van der Waals surface area contributed by atoms with Gasteiger partial charge >= 0.3 is 0 Å². The summed E-state index contributed by atoms with van der Waals surface area (Å²) < 4.78 is 2.06. The molecule has 7 heteroatoms. The zero-order valence-electron chi connectivity index (χ0n) is 17.7. The number of carbonyl (C=O) groups excluding carboxylic acids is 1. The summed E-state index contributed by atoms with van der Waals surface area (Å²) >= 11 is 1.57. The number of hydrogen-bond donors (Lipinski definition) is 1. The first-order chi connectivity index (χ1) is 15.7. The fourth-order valence-electron chi connectivity index (χ4n) is 3.55. The Kier molecular flexibility index (Phi) is 5.73. The number of aryl methyl sites for hydroxylation is 1. The molecule has 5 rings (SSSR count). The number of carbonyl (C=O) groups is 1. The zero-order chi connectivity index (χ0) is 21.9. The Bertz CT molecular complexity index is 1250. The highest BCUT2D eigenvalue weighted by Crippen LogP contribution is 2.30. The van der Waals surface area contributed by atoms with Crippen molar-refractivity contribution in [1.29, 1.82) is 0 Å². The van der Waals surface area contributed by atoms with Crippen LogP contribution in [0.25, 0.3) is 17.1 Å². The van der Waals surface area contributed by atoms with Crippen LogP contribution in [-0.2, 0) is 5.75 Å². The predicted octanol–water partition coefficient (Wildman–Crippen LogP) is 4.82. The smallest absolute Gasteiger partial charge is 0.251 e. The maximum absolute atomic E-state index is 12.7. The van der Waals surface area contributed by atoms with Crippen molar-refractivity contribution in [1.82, 2.24) is 25.1 Å². The van der Waals surface area contributed by atoms with Crippen molar-refractivity contribution in [2.75, 3.05) is 0 Å². The monoisotopic (exact) mass is 441 g/mol. The van der Waals surface area contributed by atoms with E-state index in [1.807, 2.05) is 42.5 Å². The average Bonchev–Trinajstić information content (AvgIpc) is 3.53. The molecule has 160 valence electrons. The van der Waals surface area contributed by atoms with E-state index in [-0.39, 0.29) is 5.91 Å². The summed E-state index contributed by atoms with van der Waals surface area (Å²) in [5.41, 5.74) is 4.76. The summed E-state index contributed by atoms with van der Waals surface area (Å²) in [5.74, 6) is 1.36. The topological polar surface area (TPSA) is 72.7 Å². The van der Waals surface area contributed by atoms with Crippen molar-refractivity contribution in [3.05, 3.63) is 89.7 Å². The Labute approximate surface area is 191 Å². The molecule has 1 N–H and O–H groups in total. The minimum absolute atomic E-state index is 0.0000926. The summed E-state index contributed by atoms with van der Waals surface area (Å²) in [4.78, 5) is 16.9. The first-order valence-corrected chi connectivity index (χ1v) is 11.6. The molecule has 0 aliphatic heterocycles. The molecular weight excluding hydrogens is 418 g/mol. The lowest BCUT2D eigenvalue weighted by molar-refractivity contribution is 0.0950. The molecule has 0 saturated heterocycles. The van der Waals surface area contributed by atoms with Crippen LogP contribution in [0, 0.1) is 6.92 Å². The van der Waals surface area contributed by atoms with Crippen LogP contribution in [0.15, 0.2) is 78.2 Å². The van der Waals surface area contributed by atoms with Crippen LogP contribution in [0.4, 0.5) is 0 Å². The first kappa shape index (κ1) is 20.5. The summed E-state index contributed by atoms with van der Waals surface area (Å²) in [6, 6.07) is 20.2. The molecular formula is C25H23N5OS. The normalized spacial score (nSPS) is 13.2. The van der Waals surface area contributed by atoms with Gasteiger partial charge in [-0.15, -0.1) is 10.2 Å². The summed E-state index contributed by atoms with van der Waals surface area (Å²) in [6.07, 6.45) is 5.68. The highest BCUT2D eigenvalue weighted by atomic mass is 32.2. The van der Waals surface area contributed by atoms with Gasteiger partial charge in [0.15, 0.2) is 11.0 Å². The SMILES string of the molecule is Cc1cccc(-n2c(SCc3ccccc3C(=O)NC3CC3)nnc2-c2cccnc2)c1. The van der Waals surface area contributed by atoms with Gasteiger partial charge in [0.1, 0.15) is 0 Å². The third kappa shape index (κ3) is 4.43. The Morgan fingerprint density at radius 1 is 1.09 bits per heavy atom. The minimum Gasteiger partial charge on any atom is -0.349 e. The molecule has 1 aliphatic carbocycles. The summed E-state index contributed by atoms with van der Waals surface area (Å²) in [6.45, 7) is 2.07. The lowest BCUT2D eigenvalue weighted by atomic mass is 10.1. The lowest BCUT2D eigenvalue weighted by Crippen LogP contribution is -2.26. The molecule has 6 nitrogen and oxygen atoms in total. The summed E-state index contributed by atoms with van der Waals surface area (Å²) in [5, 5.41) is 12.8. The van der Waals surface area contributed by atoms with Gasteiger partial charge in [0.2, 0.25) is 0 Å². The molecule has 1 fully saturated rings. The first-order valence-electron chi connectivity index (χ1n) is 10.6. The number of thioether (sulfide) groups is 1. The molecule has 0 radical (unpaired) electrons. The van der Waals surface area contributed by atoms with Crippen molar-refractivity contribution >= 4 is 17.7 Å². The number of rotatable bonds is 7. The standard InChI is InChI=1S/C25H23N5OS/c1-17-6-4-9-21(14-17)30-23(18-8-5-13-26-15-18)28-29-25(30)32-16-19-7-2-3-10-22(19)24(31)27-20-11-12-20/h2-10,13-15,20H,11-12,16H2,1H3,(H,27,31). The molecule has 1 amide bonds. The van der Waals surface area contributed by atoms with E-state index in [9.17, 15) is 4.79 Å². The van der Waals surface area contributed by atoms with Gasteiger partial charge in [0, 0.05) is 41.0 Å². The molecule has 32 heavy (non-hydrogen) atoms. The number of pyridine rings is 1. The Balaban J connectivity index is 1.47. The number of hydrogen-bond acceptors (Lipinski definition) is 5. The highest BCUT2D eigenvalue weighted by molar-refractivity contribution is 7.98. The van der Waals surface area contributed by atoms with E-state index in [2.05, 4.69) is 50.2 Å². The van der Waals surface area contributed by atoms with Gasteiger partial charge in [-0.3, -0.25) is 14.3 Å². The Morgan fingerprint density at radius 3 is 2.75 bits per heavy atom. The second kappa shape index (κ2) is 8.96. The van der Waals surface area contributed by atoms with E-state index in [1.54, 1.807) is 24.2 Å². The van der Waals surface area contributed by atoms with Gasteiger partial charge in [-0.1, -0.05) is 42.1 Å². The Hall–Kier alpha value is -3.45. The second-order valence-corrected chi connectivity index (χ2v) is 8.86. The van der Waals surface area contributed by atoms with Crippen LogP contribution in [0.1, 0.15) is 34.3 Å². The molecule has 0 bridgehead atoms. The van der Waals surface area contributed by atoms with Gasteiger partial charge in [-0.25, -0.2) is 0 Å².